The molecule has 21 heavy (non-hydrogen) atoms. The SMILES string of the molecule is COc1cc2cc3[nH]c4ccccc4[n+]3cc2cc1OC. The summed E-state index contributed by atoms with van der Waals surface area (Å²) < 4.78 is 12.9. The van der Waals surface area contributed by atoms with E-state index in [4.69, 9.17) is 9.47 Å². The number of H-pyrrole nitrogens is 1. The van der Waals surface area contributed by atoms with E-state index in [0.717, 1.165) is 39.0 Å². The van der Waals surface area contributed by atoms with Gasteiger partial charge in [-0.25, -0.2) is 4.98 Å². The molecule has 0 fully saturated rings. The summed E-state index contributed by atoms with van der Waals surface area (Å²) in [5, 5.41) is 2.22. The van der Waals surface area contributed by atoms with Crippen LogP contribution in [-0.4, -0.2) is 19.2 Å². The van der Waals surface area contributed by atoms with Crippen LogP contribution in [0.4, 0.5) is 0 Å². The highest BCUT2D eigenvalue weighted by Crippen LogP contribution is 2.32. The van der Waals surface area contributed by atoms with Crippen molar-refractivity contribution in [1.29, 1.82) is 0 Å². The van der Waals surface area contributed by atoms with Crippen LogP contribution < -0.4 is 13.9 Å². The molecule has 0 bridgehead atoms. The number of para-hydroxylation sites is 2. The van der Waals surface area contributed by atoms with Crippen molar-refractivity contribution in [2.24, 2.45) is 0 Å². The molecule has 0 unspecified atom stereocenters. The molecule has 4 heteroatoms. The van der Waals surface area contributed by atoms with Crippen LogP contribution in [0, 0.1) is 0 Å². The number of imidazole rings is 1. The predicted octanol–water partition coefficient (Wildman–Crippen LogP) is 3.08. The third-order valence-electron chi connectivity index (χ3n) is 3.84. The monoisotopic (exact) mass is 279 g/mol. The Kier molecular flexibility index (Phi) is 2.51. The lowest BCUT2D eigenvalue weighted by molar-refractivity contribution is -0.479. The van der Waals surface area contributed by atoms with Gasteiger partial charge in [0.05, 0.1) is 14.2 Å². The predicted molar refractivity (Wildman–Crippen MR) is 82.1 cm³/mol. The number of aromatic nitrogens is 2. The summed E-state index contributed by atoms with van der Waals surface area (Å²) in [6, 6.07) is 14.4. The largest absolute Gasteiger partial charge is 0.493 e. The number of rotatable bonds is 2. The number of fused-ring (bicyclic) bond motifs is 4. The van der Waals surface area contributed by atoms with Gasteiger partial charge in [0.25, 0.3) is 5.65 Å². The fourth-order valence-corrected chi connectivity index (χ4v) is 2.80. The average Bonchev–Trinajstić information content (AvgIpc) is 2.88. The fraction of sp³-hybridized carbons (Fsp3) is 0.118. The van der Waals surface area contributed by atoms with Gasteiger partial charge in [0.15, 0.2) is 22.5 Å². The molecule has 0 saturated heterocycles. The Hall–Kier alpha value is -2.75. The Morgan fingerprint density at radius 3 is 2.38 bits per heavy atom. The van der Waals surface area contributed by atoms with Crippen molar-refractivity contribution in [3.63, 3.8) is 0 Å². The number of pyridine rings is 1. The minimum Gasteiger partial charge on any atom is -0.493 e. The summed E-state index contributed by atoms with van der Waals surface area (Å²) in [7, 11) is 3.31. The van der Waals surface area contributed by atoms with E-state index in [-0.39, 0.29) is 0 Å². The van der Waals surface area contributed by atoms with Crippen LogP contribution in [0.3, 0.4) is 0 Å². The first-order valence-electron chi connectivity index (χ1n) is 6.78. The van der Waals surface area contributed by atoms with E-state index in [1.165, 1.54) is 0 Å². The molecule has 1 N–H and O–H groups in total. The Bertz CT molecular complexity index is 973. The van der Waals surface area contributed by atoms with Gasteiger partial charge in [0.1, 0.15) is 6.20 Å². The van der Waals surface area contributed by atoms with E-state index in [2.05, 4.69) is 33.8 Å². The molecule has 0 radical (unpaired) electrons. The number of nitrogens with zero attached hydrogens (tertiary/aromatic N) is 1. The Balaban J connectivity index is 2.12. The number of methoxy groups -OCH3 is 2. The first-order valence-corrected chi connectivity index (χ1v) is 6.78. The number of nitrogens with one attached hydrogen (secondary N) is 1. The summed E-state index contributed by atoms with van der Waals surface area (Å²) in [6.07, 6.45) is 2.12. The second-order valence-corrected chi connectivity index (χ2v) is 5.01. The van der Waals surface area contributed by atoms with Crippen molar-refractivity contribution >= 4 is 27.5 Å². The van der Waals surface area contributed by atoms with Crippen molar-refractivity contribution in [3.8, 4) is 11.5 Å². The molecule has 4 aromatic rings. The van der Waals surface area contributed by atoms with Crippen LogP contribution in [0.15, 0.2) is 48.7 Å². The third-order valence-corrected chi connectivity index (χ3v) is 3.84. The first-order chi connectivity index (χ1) is 10.3. The maximum absolute atomic E-state index is 5.38. The van der Waals surface area contributed by atoms with Crippen LogP contribution >= 0.6 is 0 Å². The highest BCUT2D eigenvalue weighted by molar-refractivity contribution is 5.88. The van der Waals surface area contributed by atoms with Gasteiger partial charge in [-0.1, -0.05) is 12.1 Å². The molecule has 0 amide bonds. The zero-order valence-electron chi connectivity index (χ0n) is 11.9. The summed E-state index contributed by atoms with van der Waals surface area (Å²) in [4.78, 5) is 3.43. The lowest BCUT2D eigenvalue weighted by Gasteiger charge is -2.08. The van der Waals surface area contributed by atoms with Crippen LogP contribution in [0.1, 0.15) is 0 Å². The maximum Gasteiger partial charge on any atom is 0.285 e. The van der Waals surface area contributed by atoms with Crippen LogP contribution in [0.2, 0.25) is 0 Å². The molecule has 0 saturated carbocycles. The average molecular weight is 279 g/mol. The van der Waals surface area contributed by atoms with Gasteiger partial charge in [0.2, 0.25) is 0 Å². The summed E-state index contributed by atoms with van der Waals surface area (Å²) in [5.41, 5.74) is 3.33. The standard InChI is InChI=1S/C17H14N2O2/c1-20-15-7-11-9-17-18-13-5-3-4-6-14(13)19(17)10-12(11)8-16(15)21-2/h3-10H,1-2H3/p+1. The van der Waals surface area contributed by atoms with Crippen molar-refractivity contribution in [2.75, 3.05) is 14.2 Å². The smallest absolute Gasteiger partial charge is 0.285 e. The molecule has 0 spiro atoms. The van der Waals surface area contributed by atoms with Crippen molar-refractivity contribution < 1.29 is 13.9 Å². The lowest BCUT2D eigenvalue weighted by atomic mass is 10.1. The fourth-order valence-electron chi connectivity index (χ4n) is 2.80. The van der Waals surface area contributed by atoms with Crippen LogP contribution in [0.5, 0.6) is 11.5 Å². The Labute approximate surface area is 121 Å². The van der Waals surface area contributed by atoms with Crippen LogP contribution in [0.25, 0.3) is 27.5 Å². The van der Waals surface area contributed by atoms with E-state index in [0.29, 0.717) is 0 Å². The Morgan fingerprint density at radius 2 is 1.62 bits per heavy atom. The zero-order valence-corrected chi connectivity index (χ0v) is 11.9. The van der Waals surface area contributed by atoms with Gasteiger partial charge >= 0.3 is 0 Å². The molecule has 2 heterocycles. The van der Waals surface area contributed by atoms with Gasteiger partial charge < -0.3 is 9.47 Å². The lowest BCUT2D eigenvalue weighted by Crippen LogP contribution is -2.18. The number of benzene rings is 2. The molecule has 104 valence electrons. The first kappa shape index (κ1) is 12.0. The normalized spacial score (nSPS) is 11.3. The molecular weight excluding hydrogens is 264 g/mol. The molecule has 4 nitrogen and oxygen atoms in total. The molecule has 0 atom stereocenters. The second kappa shape index (κ2) is 4.38. The van der Waals surface area contributed by atoms with E-state index in [1.807, 2.05) is 24.3 Å². The molecule has 0 aliphatic heterocycles. The van der Waals surface area contributed by atoms with Gasteiger partial charge in [0, 0.05) is 11.5 Å². The van der Waals surface area contributed by atoms with E-state index in [9.17, 15) is 0 Å². The summed E-state index contributed by atoms with van der Waals surface area (Å²) in [6.45, 7) is 0. The number of hydrogen-bond donors (Lipinski definition) is 1. The summed E-state index contributed by atoms with van der Waals surface area (Å²) >= 11 is 0. The molecule has 0 aliphatic carbocycles. The molecule has 0 aliphatic rings. The highest BCUT2D eigenvalue weighted by Gasteiger charge is 2.14. The van der Waals surface area contributed by atoms with Gasteiger partial charge in [-0.05, 0) is 29.7 Å². The van der Waals surface area contributed by atoms with Crippen molar-refractivity contribution in [1.82, 2.24) is 4.98 Å². The Morgan fingerprint density at radius 1 is 0.905 bits per heavy atom. The topological polar surface area (TPSA) is 38.3 Å². The van der Waals surface area contributed by atoms with Gasteiger partial charge in [-0.15, -0.1) is 0 Å². The molecule has 2 aromatic heterocycles. The van der Waals surface area contributed by atoms with Crippen LogP contribution in [-0.2, 0) is 0 Å². The van der Waals surface area contributed by atoms with Gasteiger partial charge in [-0.2, -0.15) is 4.40 Å². The van der Waals surface area contributed by atoms with E-state index >= 15 is 0 Å². The highest BCUT2D eigenvalue weighted by atomic mass is 16.5. The second-order valence-electron chi connectivity index (χ2n) is 5.01. The van der Waals surface area contributed by atoms with Crippen molar-refractivity contribution in [3.05, 3.63) is 48.7 Å². The third kappa shape index (κ3) is 1.72. The van der Waals surface area contributed by atoms with E-state index in [1.54, 1.807) is 14.2 Å². The summed E-state index contributed by atoms with van der Waals surface area (Å²) in [5.74, 6) is 1.48. The molecule has 4 rings (SSSR count). The molecular formula is C17H15N2O2+. The maximum atomic E-state index is 5.38. The van der Waals surface area contributed by atoms with E-state index < -0.39 is 0 Å². The quantitative estimate of drug-likeness (QED) is 0.573. The van der Waals surface area contributed by atoms with Crippen molar-refractivity contribution in [2.45, 2.75) is 0 Å². The van der Waals surface area contributed by atoms with Gasteiger partial charge in [-0.3, -0.25) is 0 Å². The zero-order chi connectivity index (χ0) is 14.4. The minimum absolute atomic E-state index is 0.741. The number of aromatic amines is 1. The number of hydrogen-bond acceptors (Lipinski definition) is 2. The molecule has 2 aromatic carbocycles. The minimum atomic E-state index is 0.741. The number of ether oxygens (including phenoxy) is 2.